The van der Waals surface area contributed by atoms with E-state index in [1.165, 1.54) is 17.5 Å². The van der Waals surface area contributed by atoms with Crippen LogP contribution in [0.2, 0.25) is 0 Å². The number of aromatic nitrogens is 2. The number of hydrogen-bond donors (Lipinski definition) is 0. The van der Waals surface area contributed by atoms with E-state index in [0.29, 0.717) is 49.3 Å². The number of piperazine rings is 1. The fraction of sp³-hybridized carbons (Fsp3) is 0.417. The van der Waals surface area contributed by atoms with E-state index in [1.54, 1.807) is 10.4 Å². The van der Waals surface area contributed by atoms with Gasteiger partial charge in [0.05, 0.1) is 4.90 Å². The van der Waals surface area contributed by atoms with Crippen molar-refractivity contribution in [3.63, 3.8) is 0 Å². The Morgan fingerprint density at radius 2 is 1.62 bits per heavy atom. The molecule has 0 bridgehead atoms. The Kier molecular flexibility index (Phi) is 6.08. The predicted molar refractivity (Wildman–Crippen MR) is 122 cm³/mol. The summed E-state index contributed by atoms with van der Waals surface area (Å²) in [7, 11) is -3.45. The first kappa shape index (κ1) is 21.3. The van der Waals surface area contributed by atoms with Gasteiger partial charge in [0.1, 0.15) is 0 Å². The molecule has 1 saturated heterocycles. The van der Waals surface area contributed by atoms with Crippen molar-refractivity contribution in [1.82, 2.24) is 19.4 Å². The van der Waals surface area contributed by atoms with Crippen LogP contribution in [0.3, 0.4) is 0 Å². The Morgan fingerprint density at radius 1 is 0.875 bits per heavy atom. The molecular weight excluding hydrogens is 424 g/mol. The molecule has 0 atom stereocenters. The minimum atomic E-state index is -3.45. The lowest BCUT2D eigenvalue weighted by Crippen LogP contribution is -2.49. The zero-order valence-corrected chi connectivity index (χ0v) is 18.9. The maximum atomic E-state index is 13.2. The molecule has 1 fully saturated rings. The molecular formula is C24H28N4O3S. The van der Waals surface area contributed by atoms with E-state index in [4.69, 9.17) is 4.42 Å². The van der Waals surface area contributed by atoms with Gasteiger partial charge in [-0.25, -0.2) is 8.42 Å². The molecule has 1 aliphatic heterocycles. The molecule has 0 N–H and O–H groups in total. The predicted octanol–water partition coefficient (Wildman–Crippen LogP) is 3.16. The third-order valence-corrected chi connectivity index (χ3v) is 8.31. The molecule has 0 saturated carbocycles. The molecule has 5 rings (SSSR count). The van der Waals surface area contributed by atoms with Crippen molar-refractivity contribution in [3.8, 4) is 11.5 Å². The van der Waals surface area contributed by atoms with Crippen LogP contribution in [0.5, 0.6) is 0 Å². The molecule has 1 aliphatic carbocycles. The Bertz CT molecular complexity index is 1170. The summed E-state index contributed by atoms with van der Waals surface area (Å²) in [6, 6.07) is 15.4. The molecule has 168 valence electrons. The highest BCUT2D eigenvalue weighted by molar-refractivity contribution is 7.89. The normalized spacial score (nSPS) is 17.9. The van der Waals surface area contributed by atoms with Crippen LogP contribution in [0.25, 0.3) is 11.5 Å². The highest BCUT2D eigenvalue weighted by Crippen LogP contribution is 2.26. The monoisotopic (exact) mass is 452 g/mol. The van der Waals surface area contributed by atoms with Crippen molar-refractivity contribution in [3.05, 3.63) is 65.5 Å². The van der Waals surface area contributed by atoms with Gasteiger partial charge in [-0.3, -0.25) is 0 Å². The van der Waals surface area contributed by atoms with Crippen LogP contribution < -0.4 is 0 Å². The molecule has 0 radical (unpaired) electrons. The molecule has 32 heavy (non-hydrogen) atoms. The third-order valence-electron chi connectivity index (χ3n) is 6.42. The summed E-state index contributed by atoms with van der Waals surface area (Å²) in [5.74, 6) is 1.13. The number of rotatable bonds is 6. The Hall–Kier alpha value is -2.55. The second kappa shape index (κ2) is 9.13. The van der Waals surface area contributed by atoms with Crippen LogP contribution in [0, 0.1) is 0 Å². The summed E-state index contributed by atoms with van der Waals surface area (Å²) in [4.78, 5) is 2.69. The summed E-state index contributed by atoms with van der Waals surface area (Å²) >= 11 is 0. The SMILES string of the molecule is O=S(=O)(c1ccc2c(c1)CCCC2)N1CCN(CCc2nnc(-c3ccccc3)o2)CC1. The molecule has 1 aromatic heterocycles. The highest BCUT2D eigenvalue weighted by Gasteiger charge is 2.29. The van der Waals surface area contributed by atoms with Gasteiger partial charge in [-0.05, 0) is 61.1 Å². The number of benzene rings is 2. The smallest absolute Gasteiger partial charge is 0.247 e. The maximum Gasteiger partial charge on any atom is 0.247 e. The van der Waals surface area contributed by atoms with E-state index in [1.807, 2.05) is 42.5 Å². The fourth-order valence-corrected chi connectivity index (χ4v) is 5.99. The first-order valence-corrected chi connectivity index (χ1v) is 12.8. The van der Waals surface area contributed by atoms with Gasteiger partial charge in [0, 0.05) is 44.7 Å². The Balaban J connectivity index is 1.16. The van der Waals surface area contributed by atoms with Gasteiger partial charge >= 0.3 is 0 Å². The lowest BCUT2D eigenvalue weighted by atomic mass is 9.92. The average Bonchev–Trinajstić information content (AvgIpc) is 3.32. The largest absolute Gasteiger partial charge is 0.421 e. The van der Waals surface area contributed by atoms with Crippen molar-refractivity contribution in [2.24, 2.45) is 0 Å². The van der Waals surface area contributed by atoms with Gasteiger partial charge in [0.15, 0.2) is 0 Å². The van der Waals surface area contributed by atoms with Crippen LogP contribution in [-0.2, 0) is 29.3 Å². The topological polar surface area (TPSA) is 79.5 Å². The lowest BCUT2D eigenvalue weighted by Gasteiger charge is -2.33. The van der Waals surface area contributed by atoms with Gasteiger partial charge in [-0.1, -0.05) is 24.3 Å². The van der Waals surface area contributed by atoms with Crippen LogP contribution in [0.1, 0.15) is 29.9 Å². The zero-order chi connectivity index (χ0) is 22.0. The number of fused-ring (bicyclic) bond motifs is 1. The molecule has 7 nitrogen and oxygen atoms in total. The highest BCUT2D eigenvalue weighted by atomic mass is 32.2. The maximum absolute atomic E-state index is 13.2. The van der Waals surface area contributed by atoms with Crippen LogP contribution in [-0.4, -0.2) is 60.5 Å². The lowest BCUT2D eigenvalue weighted by molar-refractivity contribution is 0.187. The molecule has 2 aromatic carbocycles. The van der Waals surface area contributed by atoms with Gasteiger partial charge in [0.25, 0.3) is 0 Å². The molecule has 0 amide bonds. The first-order valence-electron chi connectivity index (χ1n) is 11.3. The van der Waals surface area contributed by atoms with Crippen LogP contribution in [0.15, 0.2) is 57.8 Å². The Labute approximate surface area is 189 Å². The van der Waals surface area contributed by atoms with Crippen LogP contribution in [0.4, 0.5) is 0 Å². The summed E-state index contributed by atoms with van der Waals surface area (Å²) in [6.07, 6.45) is 5.02. The molecule has 3 aromatic rings. The van der Waals surface area contributed by atoms with Crippen molar-refractivity contribution < 1.29 is 12.8 Å². The minimum absolute atomic E-state index is 0.436. The summed E-state index contributed by atoms with van der Waals surface area (Å²) in [5, 5.41) is 8.29. The van der Waals surface area contributed by atoms with E-state index in [2.05, 4.69) is 15.1 Å². The van der Waals surface area contributed by atoms with E-state index >= 15 is 0 Å². The van der Waals surface area contributed by atoms with E-state index < -0.39 is 10.0 Å². The molecule has 2 aliphatic rings. The van der Waals surface area contributed by atoms with Crippen molar-refractivity contribution in [2.45, 2.75) is 37.0 Å². The second-order valence-electron chi connectivity index (χ2n) is 8.50. The third kappa shape index (κ3) is 4.48. The van der Waals surface area contributed by atoms with Gasteiger partial charge < -0.3 is 9.32 Å². The number of sulfonamides is 1. The van der Waals surface area contributed by atoms with E-state index in [9.17, 15) is 8.42 Å². The number of hydrogen-bond acceptors (Lipinski definition) is 6. The molecule has 0 unspecified atom stereocenters. The summed E-state index contributed by atoms with van der Waals surface area (Å²) in [6.45, 7) is 3.16. The zero-order valence-electron chi connectivity index (χ0n) is 18.1. The summed E-state index contributed by atoms with van der Waals surface area (Å²) in [5.41, 5.74) is 3.41. The minimum Gasteiger partial charge on any atom is -0.421 e. The molecule has 0 spiro atoms. The van der Waals surface area contributed by atoms with Gasteiger partial charge in [-0.15, -0.1) is 10.2 Å². The molecule has 2 heterocycles. The summed E-state index contributed by atoms with van der Waals surface area (Å²) < 4.78 is 33.7. The quantitative estimate of drug-likeness (QED) is 0.572. The van der Waals surface area contributed by atoms with Crippen molar-refractivity contribution >= 4 is 10.0 Å². The van der Waals surface area contributed by atoms with E-state index in [0.717, 1.165) is 31.4 Å². The van der Waals surface area contributed by atoms with Gasteiger partial charge in [-0.2, -0.15) is 4.31 Å². The van der Waals surface area contributed by atoms with Crippen LogP contribution >= 0.6 is 0 Å². The molecule has 8 heteroatoms. The second-order valence-corrected chi connectivity index (χ2v) is 10.4. The van der Waals surface area contributed by atoms with Gasteiger partial charge in [0.2, 0.25) is 21.8 Å². The average molecular weight is 453 g/mol. The van der Waals surface area contributed by atoms with Crippen molar-refractivity contribution in [2.75, 3.05) is 32.7 Å². The van der Waals surface area contributed by atoms with E-state index in [-0.39, 0.29) is 0 Å². The standard InChI is InChI=1S/C24H28N4O3S/c29-32(30,22-11-10-19-6-4-5-9-21(19)18-22)28-16-14-27(15-17-28)13-12-23-25-26-24(31-23)20-7-2-1-3-8-20/h1-3,7-8,10-11,18H,4-6,9,12-17H2. The van der Waals surface area contributed by atoms with Crippen molar-refractivity contribution in [1.29, 1.82) is 0 Å². The first-order chi connectivity index (χ1) is 15.6. The Morgan fingerprint density at radius 3 is 2.41 bits per heavy atom. The number of nitrogens with zero attached hydrogens (tertiary/aromatic N) is 4. The number of aryl methyl sites for hydroxylation is 2. The fourth-order valence-electron chi connectivity index (χ4n) is 4.52.